The molecule has 0 radical (unpaired) electrons. The molecule has 34 heavy (non-hydrogen) atoms. The van der Waals surface area contributed by atoms with E-state index in [-0.39, 0.29) is 16.9 Å². The Morgan fingerprint density at radius 1 is 1.15 bits per heavy atom. The van der Waals surface area contributed by atoms with Crippen LogP contribution in [0.25, 0.3) is 0 Å². The van der Waals surface area contributed by atoms with Crippen molar-refractivity contribution in [2.75, 3.05) is 49.5 Å². The van der Waals surface area contributed by atoms with Gasteiger partial charge in [0.2, 0.25) is 0 Å². The van der Waals surface area contributed by atoms with Crippen LogP contribution >= 0.6 is 11.6 Å². The van der Waals surface area contributed by atoms with E-state index in [1.54, 1.807) is 0 Å². The maximum Gasteiger partial charge on any atom is 0.291 e. The standard InChI is InChI=1S/C22H32ClN7O3S/c1-4-29-13-16(14-30(5-2)34(29,32)33)17-6-7-18(26-22(31)20-24-12-19(23)27-20)21(25-17)28-10-8-15(3)9-11-28/h6-7,12,15-16H,4-5,8-11,13-14H2,1-3H3,(H,24,27)(H,26,31). The number of nitrogens with one attached hydrogen (secondary N) is 2. The molecule has 2 fully saturated rings. The molecule has 0 saturated carbocycles. The van der Waals surface area contributed by atoms with Crippen LogP contribution in [0.5, 0.6) is 0 Å². The van der Waals surface area contributed by atoms with E-state index < -0.39 is 16.1 Å². The summed E-state index contributed by atoms with van der Waals surface area (Å²) in [5.74, 6) is 1.00. The summed E-state index contributed by atoms with van der Waals surface area (Å²) in [5.41, 5.74) is 1.42. The summed E-state index contributed by atoms with van der Waals surface area (Å²) in [6.07, 6.45) is 3.55. The smallest absolute Gasteiger partial charge is 0.291 e. The summed E-state index contributed by atoms with van der Waals surface area (Å²) in [5, 5.41) is 3.14. The Labute approximate surface area is 205 Å². The molecule has 0 bridgehead atoms. The van der Waals surface area contributed by atoms with Crippen LogP contribution in [0.1, 0.15) is 55.8 Å². The molecular formula is C22H32ClN7O3S. The third kappa shape index (κ3) is 5.07. The number of carbonyl (C=O) groups excluding carboxylic acids is 1. The summed E-state index contributed by atoms with van der Waals surface area (Å²) in [4.78, 5) is 26.7. The van der Waals surface area contributed by atoms with Gasteiger partial charge in [0.15, 0.2) is 11.6 Å². The molecule has 2 aromatic heterocycles. The lowest BCUT2D eigenvalue weighted by Gasteiger charge is -2.38. The van der Waals surface area contributed by atoms with E-state index in [9.17, 15) is 13.2 Å². The highest BCUT2D eigenvalue weighted by atomic mass is 35.5. The molecule has 0 atom stereocenters. The summed E-state index contributed by atoms with van der Waals surface area (Å²) in [7, 11) is -3.44. The van der Waals surface area contributed by atoms with Gasteiger partial charge in [-0.1, -0.05) is 32.4 Å². The maximum atomic E-state index is 12.8. The van der Waals surface area contributed by atoms with E-state index in [1.807, 2.05) is 26.0 Å². The van der Waals surface area contributed by atoms with Gasteiger partial charge in [-0.3, -0.25) is 4.79 Å². The number of rotatable bonds is 6. The zero-order chi connectivity index (χ0) is 24.5. The zero-order valence-electron chi connectivity index (χ0n) is 19.8. The van der Waals surface area contributed by atoms with Gasteiger partial charge in [-0.25, -0.2) is 9.97 Å². The van der Waals surface area contributed by atoms with Gasteiger partial charge in [0.05, 0.1) is 5.69 Å². The van der Waals surface area contributed by atoms with Crippen molar-refractivity contribution in [1.29, 1.82) is 0 Å². The lowest BCUT2D eigenvalue weighted by atomic mass is 9.99. The molecule has 2 N–H and O–H groups in total. The topological polar surface area (TPSA) is 115 Å². The predicted octanol–water partition coefficient (Wildman–Crippen LogP) is 2.93. The molecular weight excluding hydrogens is 478 g/mol. The highest BCUT2D eigenvalue weighted by molar-refractivity contribution is 7.86. The number of nitrogens with zero attached hydrogens (tertiary/aromatic N) is 5. The molecule has 0 aliphatic carbocycles. The normalized spacial score (nSPS) is 20.5. The number of hydrogen-bond donors (Lipinski definition) is 2. The molecule has 4 heterocycles. The number of H-pyrrole nitrogens is 1. The number of halogens is 1. The maximum absolute atomic E-state index is 12.8. The van der Waals surface area contributed by atoms with Crippen molar-refractivity contribution in [3.63, 3.8) is 0 Å². The minimum Gasteiger partial charge on any atom is -0.355 e. The van der Waals surface area contributed by atoms with Gasteiger partial charge in [-0.05, 0) is 30.9 Å². The van der Waals surface area contributed by atoms with Gasteiger partial charge in [0, 0.05) is 57.1 Å². The average Bonchev–Trinajstić information content (AvgIpc) is 3.26. The summed E-state index contributed by atoms with van der Waals surface area (Å²) in [6, 6.07) is 3.74. The fraction of sp³-hybridized carbons (Fsp3) is 0.591. The quantitative estimate of drug-likeness (QED) is 0.618. The van der Waals surface area contributed by atoms with Gasteiger partial charge in [0.1, 0.15) is 5.15 Å². The van der Waals surface area contributed by atoms with Crippen molar-refractivity contribution in [2.24, 2.45) is 5.92 Å². The molecule has 0 aromatic carbocycles. The molecule has 2 aromatic rings. The minimum atomic E-state index is -3.44. The Morgan fingerprint density at radius 3 is 2.35 bits per heavy atom. The van der Waals surface area contributed by atoms with E-state index in [2.05, 4.69) is 27.1 Å². The highest BCUT2D eigenvalue weighted by Gasteiger charge is 2.38. The Hall–Kier alpha value is -2.21. The molecule has 186 valence electrons. The first kappa shape index (κ1) is 24.9. The van der Waals surface area contributed by atoms with E-state index in [0.29, 0.717) is 43.6 Å². The van der Waals surface area contributed by atoms with Crippen LogP contribution in [0, 0.1) is 5.92 Å². The first-order valence-electron chi connectivity index (χ1n) is 11.8. The van der Waals surface area contributed by atoms with Crippen LogP contribution in [0.3, 0.4) is 0 Å². The number of piperidine rings is 1. The van der Waals surface area contributed by atoms with Crippen LogP contribution in [-0.4, -0.2) is 77.2 Å². The monoisotopic (exact) mass is 509 g/mol. The Bertz CT molecular complexity index is 1110. The molecule has 10 nitrogen and oxygen atoms in total. The van der Waals surface area contributed by atoms with Gasteiger partial charge in [-0.15, -0.1) is 0 Å². The first-order chi connectivity index (χ1) is 16.2. The van der Waals surface area contributed by atoms with Crippen molar-refractivity contribution in [3.05, 3.63) is 35.0 Å². The number of imidazole rings is 1. The van der Waals surface area contributed by atoms with Crippen molar-refractivity contribution in [1.82, 2.24) is 23.6 Å². The van der Waals surface area contributed by atoms with Gasteiger partial charge >= 0.3 is 0 Å². The lowest BCUT2D eigenvalue weighted by Crippen LogP contribution is -2.52. The summed E-state index contributed by atoms with van der Waals surface area (Å²) in [6.45, 7) is 9.21. The van der Waals surface area contributed by atoms with E-state index in [0.717, 1.165) is 31.6 Å². The van der Waals surface area contributed by atoms with Crippen LogP contribution in [0.4, 0.5) is 11.5 Å². The Kier molecular flexibility index (Phi) is 7.46. The van der Waals surface area contributed by atoms with E-state index >= 15 is 0 Å². The lowest BCUT2D eigenvalue weighted by molar-refractivity contribution is 0.101. The number of amides is 1. The number of anilines is 2. The van der Waals surface area contributed by atoms with Gasteiger partial charge in [-0.2, -0.15) is 17.0 Å². The molecule has 0 spiro atoms. The number of pyridine rings is 1. The van der Waals surface area contributed by atoms with Crippen LogP contribution in [0.2, 0.25) is 5.15 Å². The molecule has 2 saturated heterocycles. The highest BCUT2D eigenvalue weighted by Crippen LogP contribution is 2.33. The number of hydrogen-bond acceptors (Lipinski definition) is 6. The third-order valence-electron chi connectivity index (χ3n) is 6.61. The minimum absolute atomic E-state index is 0.0699. The summed E-state index contributed by atoms with van der Waals surface area (Å²) < 4.78 is 28.5. The molecule has 2 aliphatic heterocycles. The summed E-state index contributed by atoms with van der Waals surface area (Å²) >= 11 is 5.85. The van der Waals surface area contributed by atoms with Crippen LogP contribution < -0.4 is 10.2 Å². The van der Waals surface area contributed by atoms with Crippen molar-refractivity contribution in [3.8, 4) is 0 Å². The largest absolute Gasteiger partial charge is 0.355 e. The van der Waals surface area contributed by atoms with E-state index in [1.165, 1.54) is 14.8 Å². The molecule has 4 rings (SSSR count). The van der Waals surface area contributed by atoms with E-state index in [4.69, 9.17) is 16.6 Å². The molecule has 0 unspecified atom stereocenters. The second kappa shape index (κ2) is 10.2. The van der Waals surface area contributed by atoms with Crippen LogP contribution in [0.15, 0.2) is 18.3 Å². The molecule has 12 heteroatoms. The van der Waals surface area contributed by atoms with Crippen molar-refractivity contribution >= 4 is 39.2 Å². The third-order valence-corrected chi connectivity index (χ3v) is 8.93. The fourth-order valence-electron chi connectivity index (χ4n) is 4.52. The van der Waals surface area contributed by atoms with Gasteiger partial charge in [0.25, 0.3) is 16.1 Å². The van der Waals surface area contributed by atoms with Crippen molar-refractivity contribution in [2.45, 2.75) is 39.5 Å². The second-order valence-corrected chi connectivity index (χ2v) is 11.2. The zero-order valence-corrected chi connectivity index (χ0v) is 21.4. The SMILES string of the molecule is CCN1CC(c2ccc(NC(=O)c3nc(Cl)c[nH]3)c(N3CCC(C)CC3)n2)CN(CC)S1(=O)=O. The number of carbonyl (C=O) groups is 1. The van der Waals surface area contributed by atoms with Crippen LogP contribution in [-0.2, 0) is 10.2 Å². The second-order valence-electron chi connectivity index (χ2n) is 8.91. The number of aromatic nitrogens is 3. The molecule has 1 amide bonds. The molecule has 2 aliphatic rings. The number of likely N-dealkylation sites (N-methyl/N-ethyl adjacent to an activating group) is 2. The Balaban J connectivity index is 1.65. The number of aromatic amines is 1. The fourth-order valence-corrected chi connectivity index (χ4v) is 6.37. The van der Waals surface area contributed by atoms with Gasteiger partial charge < -0.3 is 15.2 Å². The Morgan fingerprint density at radius 2 is 1.79 bits per heavy atom. The first-order valence-corrected chi connectivity index (χ1v) is 13.5. The average molecular weight is 510 g/mol. The van der Waals surface area contributed by atoms with Crippen molar-refractivity contribution < 1.29 is 13.2 Å². The predicted molar refractivity (Wildman–Crippen MR) is 133 cm³/mol.